The zero-order chi connectivity index (χ0) is 10.6. The maximum Gasteiger partial charge on any atom is 0.341 e. The van der Waals surface area contributed by atoms with Crippen molar-refractivity contribution in [3.63, 3.8) is 0 Å². The molecule has 1 heterocycles. The molecule has 0 amide bonds. The summed E-state index contributed by atoms with van der Waals surface area (Å²) in [5, 5.41) is 12.4. The van der Waals surface area contributed by atoms with Crippen molar-refractivity contribution in [3.05, 3.63) is 11.8 Å². The molecular weight excluding hydrogens is 184 g/mol. The average molecular weight is 198 g/mol. The highest BCUT2D eigenvalue weighted by atomic mass is 16.5. The molecule has 0 atom stereocenters. The quantitative estimate of drug-likeness (QED) is 0.761. The number of hydrogen-bond acceptors (Lipinski definition) is 3. The van der Waals surface area contributed by atoms with E-state index < -0.39 is 5.97 Å². The van der Waals surface area contributed by atoms with Gasteiger partial charge in [-0.15, -0.1) is 5.10 Å². The third-order valence-electron chi connectivity index (χ3n) is 1.80. The molecule has 0 aliphatic rings. The monoisotopic (exact) mass is 198 g/mol. The number of carbonyl (C=O) groups is 1. The summed E-state index contributed by atoms with van der Waals surface area (Å²) in [4.78, 5) is 10.2. The second-order valence-electron chi connectivity index (χ2n) is 3.03. The van der Waals surface area contributed by atoms with E-state index in [0.29, 0.717) is 5.88 Å². The minimum atomic E-state index is -0.993. The highest BCUT2D eigenvalue weighted by Crippen LogP contribution is 2.12. The first-order valence-corrected chi connectivity index (χ1v) is 4.51. The molecule has 14 heavy (non-hydrogen) atoms. The number of aliphatic carboxylic acids is 1. The van der Waals surface area contributed by atoms with Crippen LogP contribution >= 0.6 is 0 Å². The van der Waals surface area contributed by atoms with Gasteiger partial charge >= 0.3 is 5.97 Å². The van der Waals surface area contributed by atoms with Crippen LogP contribution in [0.2, 0.25) is 0 Å². The van der Waals surface area contributed by atoms with Crippen LogP contribution in [0.15, 0.2) is 6.07 Å². The lowest BCUT2D eigenvalue weighted by atomic mass is 10.2. The molecule has 1 N–H and O–H groups in total. The van der Waals surface area contributed by atoms with Crippen molar-refractivity contribution >= 4 is 5.97 Å². The largest absolute Gasteiger partial charge is 0.479 e. The lowest BCUT2D eigenvalue weighted by molar-refractivity contribution is -0.139. The molecule has 0 aliphatic heterocycles. The number of carboxylic acid groups (broad SMARTS) is 1. The van der Waals surface area contributed by atoms with Crippen LogP contribution in [0.3, 0.4) is 0 Å². The van der Waals surface area contributed by atoms with Crippen LogP contribution in [-0.2, 0) is 18.3 Å². The average Bonchev–Trinajstić information content (AvgIpc) is 2.45. The van der Waals surface area contributed by atoms with Gasteiger partial charge in [-0.3, -0.25) is 4.68 Å². The fourth-order valence-electron chi connectivity index (χ4n) is 1.17. The molecule has 0 spiro atoms. The van der Waals surface area contributed by atoms with Crippen LogP contribution in [0.25, 0.3) is 0 Å². The van der Waals surface area contributed by atoms with Gasteiger partial charge in [0.15, 0.2) is 6.61 Å². The van der Waals surface area contributed by atoms with Crippen LogP contribution in [-0.4, -0.2) is 27.5 Å². The van der Waals surface area contributed by atoms with Gasteiger partial charge in [-0.2, -0.15) is 0 Å². The summed E-state index contributed by atoms with van der Waals surface area (Å²) in [6.45, 7) is 1.73. The van der Waals surface area contributed by atoms with Gasteiger partial charge in [0.2, 0.25) is 5.88 Å². The lowest BCUT2D eigenvalue weighted by Crippen LogP contribution is -2.09. The zero-order valence-corrected chi connectivity index (χ0v) is 8.36. The van der Waals surface area contributed by atoms with E-state index in [1.54, 1.807) is 10.7 Å². The standard InChI is InChI=1S/C9H14N2O3/c1-3-4-7-5-8(10-11(7)2)14-6-9(12)13/h5H,3-4,6H2,1-2H3,(H,12,13). The van der Waals surface area contributed by atoms with Gasteiger partial charge in [-0.05, 0) is 6.42 Å². The Labute approximate surface area is 82.3 Å². The van der Waals surface area contributed by atoms with E-state index in [-0.39, 0.29) is 6.61 Å². The Kier molecular flexibility index (Phi) is 3.50. The molecule has 0 aliphatic carbocycles. The Hall–Kier alpha value is -1.52. The summed E-state index contributed by atoms with van der Waals surface area (Å²) in [5.41, 5.74) is 1.05. The van der Waals surface area contributed by atoms with Crippen molar-refractivity contribution in [1.82, 2.24) is 9.78 Å². The highest BCUT2D eigenvalue weighted by molar-refractivity contribution is 5.68. The summed E-state index contributed by atoms with van der Waals surface area (Å²) >= 11 is 0. The van der Waals surface area contributed by atoms with E-state index in [9.17, 15) is 4.79 Å². The van der Waals surface area contributed by atoms with Gasteiger partial charge in [0.25, 0.3) is 0 Å². The maximum atomic E-state index is 10.2. The molecular formula is C9H14N2O3. The van der Waals surface area contributed by atoms with E-state index in [0.717, 1.165) is 18.5 Å². The molecule has 1 aromatic heterocycles. The van der Waals surface area contributed by atoms with Crippen LogP contribution in [0.5, 0.6) is 5.88 Å². The first-order valence-electron chi connectivity index (χ1n) is 4.51. The highest BCUT2D eigenvalue weighted by Gasteiger charge is 2.06. The zero-order valence-electron chi connectivity index (χ0n) is 8.36. The van der Waals surface area contributed by atoms with E-state index in [1.165, 1.54) is 0 Å². The van der Waals surface area contributed by atoms with Crippen molar-refractivity contribution < 1.29 is 14.6 Å². The van der Waals surface area contributed by atoms with Crippen LogP contribution in [0.4, 0.5) is 0 Å². The van der Waals surface area contributed by atoms with Gasteiger partial charge < -0.3 is 9.84 Å². The number of ether oxygens (including phenoxy) is 1. The van der Waals surface area contributed by atoms with Gasteiger partial charge in [0.05, 0.1) is 0 Å². The van der Waals surface area contributed by atoms with Crippen molar-refractivity contribution in [3.8, 4) is 5.88 Å². The number of aromatic nitrogens is 2. The van der Waals surface area contributed by atoms with Gasteiger partial charge in [0, 0.05) is 18.8 Å². The number of aryl methyl sites for hydroxylation is 2. The molecule has 0 saturated heterocycles. The topological polar surface area (TPSA) is 64.3 Å². The molecule has 0 saturated carbocycles. The SMILES string of the molecule is CCCc1cc(OCC(=O)O)nn1C. The molecule has 0 aromatic carbocycles. The Balaban J connectivity index is 2.61. The van der Waals surface area contributed by atoms with Crippen molar-refractivity contribution in [2.75, 3.05) is 6.61 Å². The minimum Gasteiger partial charge on any atom is -0.479 e. The molecule has 78 valence electrons. The summed E-state index contributed by atoms with van der Waals surface area (Å²) in [5.74, 6) is -0.619. The van der Waals surface area contributed by atoms with Crippen molar-refractivity contribution in [2.45, 2.75) is 19.8 Å². The third kappa shape index (κ3) is 2.76. The van der Waals surface area contributed by atoms with Crippen molar-refractivity contribution in [2.24, 2.45) is 7.05 Å². The number of carboxylic acids is 1. The second-order valence-corrected chi connectivity index (χ2v) is 3.03. The maximum absolute atomic E-state index is 10.2. The Morgan fingerprint density at radius 2 is 2.43 bits per heavy atom. The molecule has 0 fully saturated rings. The summed E-state index contributed by atoms with van der Waals surface area (Å²) in [6.07, 6.45) is 1.94. The lowest BCUT2D eigenvalue weighted by Gasteiger charge is -1.96. The first kappa shape index (κ1) is 10.6. The predicted molar refractivity (Wildman–Crippen MR) is 50.3 cm³/mol. The predicted octanol–water partition coefficient (Wildman–Crippen LogP) is 0.836. The van der Waals surface area contributed by atoms with Crippen LogP contribution < -0.4 is 4.74 Å². The Bertz CT molecular complexity index is 320. The van der Waals surface area contributed by atoms with Crippen molar-refractivity contribution in [1.29, 1.82) is 0 Å². The molecule has 5 nitrogen and oxygen atoms in total. The number of nitrogens with zero attached hydrogens (tertiary/aromatic N) is 2. The van der Waals surface area contributed by atoms with E-state index >= 15 is 0 Å². The minimum absolute atomic E-state index is 0.345. The van der Waals surface area contributed by atoms with Gasteiger partial charge in [-0.1, -0.05) is 13.3 Å². The second kappa shape index (κ2) is 4.64. The molecule has 1 rings (SSSR count). The fourth-order valence-corrected chi connectivity index (χ4v) is 1.17. The van der Waals surface area contributed by atoms with Crippen LogP contribution in [0, 0.1) is 0 Å². The number of hydrogen-bond donors (Lipinski definition) is 1. The summed E-state index contributed by atoms with van der Waals surface area (Å²) < 4.78 is 6.65. The smallest absolute Gasteiger partial charge is 0.341 e. The van der Waals surface area contributed by atoms with E-state index in [4.69, 9.17) is 9.84 Å². The summed E-state index contributed by atoms with van der Waals surface area (Å²) in [6, 6.07) is 1.77. The van der Waals surface area contributed by atoms with E-state index in [1.807, 2.05) is 7.05 Å². The molecule has 5 heteroatoms. The van der Waals surface area contributed by atoms with Crippen LogP contribution in [0.1, 0.15) is 19.0 Å². The fraction of sp³-hybridized carbons (Fsp3) is 0.556. The Morgan fingerprint density at radius 3 is 3.00 bits per heavy atom. The van der Waals surface area contributed by atoms with E-state index in [2.05, 4.69) is 12.0 Å². The molecule has 0 unspecified atom stereocenters. The molecule has 1 aromatic rings. The van der Waals surface area contributed by atoms with Gasteiger partial charge in [0.1, 0.15) is 0 Å². The number of rotatable bonds is 5. The third-order valence-corrected chi connectivity index (χ3v) is 1.80. The molecule has 0 bridgehead atoms. The van der Waals surface area contributed by atoms with Gasteiger partial charge in [-0.25, -0.2) is 4.79 Å². The molecule has 0 radical (unpaired) electrons. The normalized spacial score (nSPS) is 10.1. The first-order chi connectivity index (χ1) is 6.63. The summed E-state index contributed by atoms with van der Waals surface area (Å²) in [7, 11) is 1.82. The Morgan fingerprint density at radius 1 is 1.71 bits per heavy atom.